The van der Waals surface area contributed by atoms with Crippen molar-refractivity contribution >= 4 is 5.91 Å². The molecule has 0 unspecified atom stereocenters. The molecule has 2 N–H and O–H groups in total. The number of hydrogen-bond acceptors (Lipinski definition) is 1. The number of amides is 1. The fourth-order valence-corrected chi connectivity index (χ4v) is 1.70. The molecule has 1 amide bonds. The summed E-state index contributed by atoms with van der Waals surface area (Å²) in [7, 11) is 0. The van der Waals surface area contributed by atoms with Crippen LogP contribution < -0.4 is 5.73 Å². The fraction of sp³-hybridized carbons (Fsp3) is 0.545. The van der Waals surface area contributed by atoms with Crippen molar-refractivity contribution in [1.29, 1.82) is 0 Å². The lowest BCUT2D eigenvalue weighted by molar-refractivity contribution is -0.113. The molecule has 0 aromatic heterocycles. The minimum Gasteiger partial charge on any atom is -0.366 e. The Bertz CT molecular complexity index is 212. The lowest BCUT2D eigenvalue weighted by Crippen LogP contribution is -2.05. The molecule has 2 nitrogen and oxygen atoms in total. The summed E-state index contributed by atoms with van der Waals surface area (Å²) in [5.74, 6) is 0.333. The van der Waals surface area contributed by atoms with Crippen molar-refractivity contribution in [2.75, 3.05) is 0 Å². The number of allylic oxidation sites excluding steroid dienone is 3. The molecule has 0 aromatic rings. The SMILES string of the molecule is NC(=O)C=CC=CC1CCCCC1. The molecule has 1 saturated carbocycles. The summed E-state index contributed by atoms with van der Waals surface area (Å²) in [6.07, 6.45) is 13.9. The number of hydrogen-bond donors (Lipinski definition) is 1. The van der Waals surface area contributed by atoms with Crippen LogP contribution in [0, 0.1) is 5.92 Å². The molecule has 0 aliphatic heterocycles. The standard InChI is InChI=1S/C11H17NO/c12-11(13)9-5-4-8-10-6-2-1-3-7-10/h4-5,8-10H,1-3,6-7H2,(H2,12,13). The van der Waals surface area contributed by atoms with Crippen LogP contribution in [0.2, 0.25) is 0 Å². The van der Waals surface area contributed by atoms with Gasteiger partial charge in [-0.15, -0.1) is 0 Å². The molecule has 0 spiro atoms. The maximum absolute atomic E-state index is 10.4. The van der Waals surface area contributed by atoms with Crippen molar-refractivity contribution in [3.63, 3.8) is 0 Å². The third kappa shape index (κ3) is 4.51. The summed E-state index contributed by atoms with van der Waals surface area (Å²) in [5, 5.41) is 0. The number of nitrogens with two attached hydrogens (primary N) is 1. The van der Waals surface area contributed by atoms with Crippen LogP contribution >= 0.6 is 0 Å². The highest BCUT2D eigenvalue weighted by Gasteiger charge is 2.08. The van der Waals surface area contributed by atoms with Crippen LogP contribution in [0.3, 0.4) is 0 Å². The van der Waals surface area contributed by atoms with Gasteiger partial charge in [-0.1, -0.05) is 37.5 Å². The van der Waals surface area contributed by atoms with E-state index < -0.39 is 0 Å². The summed E-state index contributed by atoms with van der Waals surface area (Å²) in [6, 6.07) is 0. The topological polar surface area (TPSA) is 43.1 Å². The third-order valence-corrected chi connectivity index (χ3v) is 2.40. The Balaban J connectivity index is 2.25. The van der Waals surface area contributed by atoms with Crippen LogP contribution in [0.25, 0.3) is 0 Å². The van der Waals surface area contributed by atoms with E-state index in [1.165, 1.54) is 38.2 Å². The quantitative estimate of drug-likeness (QED) is 0.523. The third-order valence-electron chi connectivity index (χ3n) is 2.40. The van der Waals surface area contributed by atoms with Gasteiger partial charge in [-0.25, -0.2) is 0 Å². The molecule has 0 atom stereocenters. The Morgan fingerprint density at radius 1 is 1.15 bits per heavy atom. The summed E-state index contributed by atoms with van der Waals surface area (Å²) < 4.78 is 0. The van der Waals surface area contributed by atoms with E-state index in [0.717, 1.165) is 0 Å². The average Bonchev–Trinajstić information content (AvgIpc) is 2.14. The smallest absolute Gasteiger partial charge is 0.241 e. The first-order valence-corrected chi connectivity index (χ1v) is 4.93. The van der Waals surface area contributed by atoms with Gasteiger partial charge in [0.25, 0.3) is 0 Å². The molecule has 0 saturated heterocycles. The highest BCUT2D eigenvalue weighted by Crippen LogP contribution is 2.24. The number of primary amides is 1. The van der Waals surface area contributed by atoms with Crippen molar-refractivity contribution in [1.82, 2.24) is 0 Å². The van der Waals surface area contributed by atoms with Gasteiger partial charge in [0.1, 0.15) is 0 Å². The van der Waals surface area contributed by atoms with Gasteiger partial charge < -0.3 is 5.73 Å². The molecule has 0 aromatic carbocycles. The Hall–Kier alpha value is -1.05. The van der Waals surface area contributed by atoms with Crippen LogP contribution in [0.15, 0.2) is 24.3 Å². The maximum atomic E-state index is 10.4. The number of carbonyl (C=O) groups excluding carboxylic acids is 1. The highest BCUT2D eigenvalue weighted by molar-refractivity contribution is 5.85. The highest BCUT2D eigenvalue weighted by atomic mass is 16.1. The summed E-state index contributed by atoms with van der Waals surface area (Å²) in [6.45, 7) is 0. The van der Waals surface area contributed by atoms with Crippen molar-refractivity contribution in [2.24, 2.45) is 11.7 Å². The van der Waals surface area contributed by atoms with Gasteiger partial charge >= 0.3 is 0 Å². The normalized spacial score (nSPS) is 20.0. The van der Waals surface area contributed by atoms with E-state index >= 15 is 0 Å². The predicted octanol–water partition coefficient (Wildman–Crippen LogP) is 2.16. The maximum Gasteiger partial charge on any atom is 0.241 e. The summed E-state index contributed by atoms with van der Waals surface area (Å²) in [5.41, 5.74) is 4.95. The first-order chi connectivity index (χ1) is 6.29. The molecule has 0 heterocycles. The van der Waals surface area contributed by atoms with Gasteiger partial charge in [0.15, 0.2) is 0 Å². The van der Waals surface area contributed by atoms with Crippen molar-refractivity contribution < 1.29 is 4.79 Å². The van der Waals surface area contributed by atoms with E-state index in [9.17, 15) is 4.79 Å². The number of carbonyl (C=O) groups is 1. The minimum absolute atomic E-state index is 0.381. The largest absolute Gasteiger partial charge is 0.366 e. The molecule has 2 heteroatoms. The van der Waals surface area contributed by atoms with Gasteiger partial charge in [0.05, 0.1) is 0 Å². The van der Waals surface area contributed by atoms with Gasteiger partial charge in [-0.3, -0.25) is 4.79 Å². The monoisotopic (exact) mass is 179 g/mol. The molecule has 1 fully saturated rings. The zero-order valence-electron chi connectivity index (χ0n) is 7.91. The molecular formula is C11H17NO. The zero-order chi connectivity index (χ0) is 9.52. The Kier molecular flexibility index (Phi) is 4.30. The lowest BCUT2D eigenvalue weighted by atomic mass is 9.89. The van der Waals surface area contributed by atoms with E-state index in [0.29, 0.717) is 5.92 Å². The van der Waals surface area contributed by atoms with E-state index in [1.54, 1.807) is 6.08 Å². The second kappa shape index (κ2) is 5.57. The van der Waals surface area contributed by atoms with E-state index in [2.05, 4.69) is 6.08 Å². The van der Waals surface area contributed by atoms with Gasteiger partial charge in [-0.05, 0) is 18.8 Å². The van der Waals surface area contributed by atoms with Crippen LogP contribution in [0.5, 0.6) is 0 Å². The second-order valence-corrected chi connectivity index (χ2v) is 3.54. The minimum atomic E-state index is -0.381. The Morgan fingerprint density at radius 3 is 2.46 bits per heavy atom. The average molecular weight is 179 g/mol. The molecule has 1 rings (SSSR count). The van der Waals surface area contributed by atoms with Crippen molar-refractivity contribution in [2.45, 2.75) is 32.1 Å². The lowest BCUT2D eigenvalue weighted by Gasteiger charge is -2.17. The second-order valence-electron chi connectivity index (χ2n) is 3.54. The summed E-state index contributed by atoms with van der Waals surface area (Å²) in [4.78, 5) is 10.4. The van der Waals surface area contributed by atoms with E-state index in [-0.39, 0.29) is 5.91 Å². The molecule has 0 bridgehead atoms. The van der Waals surface area contributed by atoms with E-state index in [1.807, 2.05) is 6.08 Å². The molecule has 0 radical (unpaired) electrons. The summed E-state index contributed by atoms with van der Waals surface area (Å²) >= 11 is 0. The van der Waals surface area contributed by atoms with Gasteiger partial charge in [-0.2, -0.15) is 0 Å². The fourth-order valence-electron chi connectivity index (χ4n) is 1.70. The Labute approximate surface area is 79.5 Å². The van der Waals surface area contributed by atoms with Crippen molar-refractivity contribution in [3.8, 4) is 0 Å². The van der Waals surface area contributed by atoms with Crippen LogP contribution in [0.4, 0.5) is 0 Å². The van der Waals surface area contributed by atoms with Crippen LogP contribution in [-0.2, 0) is 4.79 Å². The van der Waals surface area contributed by atoms with Crippen LogP contribution in [0.1, 0.15) is 32.1 Å². The number of rotatable bonds is 3. The molecule has 1 aliphatic carbocycles. The molecule has 13 heavy (non-hydrogen) atoms. The first-order valence-electron chi connectivity index (χ1n) is 4.93. The molecule has 72 valence electrons. The molecule has 1 aliphatic rings. The van der Waals surface area contributed by atoms with E-state index in [4.69, 9.17) is 5.73 Å². The van der Waals surface area contributed by atoms with Gasteiger partial charge in [0.2, 0.25) is 5.91 Å². The van der Waals surface area contributed by atoms with Crippen molar-refractivity contribution in [3.05, 3.63) is 24.3 Å². The Morgan fingerprint density at radius 2 is 1.85 bits per heavy atom. The first kappa shape index (κ1) is 10.0. The van der Waals surface area contributed by atoms with Gasteiger partial charge in [0, 0.05) is 6.08 Å². The molecular weight excluding hydrogens is 162 g/mol. The zero-order valence-corrected chi connectivity index (χ0v) is 7.91. The predicted molar refractivity (Wildman–Crippen MR) is 54.0 cm³/mol. The van der Waals surface area contributed by atoms with Crippen LogP contribution in [-0.4, -0.2) is 5.91 Å².